The molecule has 1 atom stereocenters. The van der Waals surface area contributed by atoms with E-state index in [-0.39, 0.29) is 11.9 Å². The van der Waals surface area contributed by atoms with Gasteiger partial charge in [-0.3, -0.25) is 4.90 Å². The van der Waals surface area contributed by atoms with E-state index >= 15 is 0 Å². The van der Waals surface area contributed by atoms with Crippen molar-refractivity contribution < 1.29 is 12.8 Å². The van der Waals surface area contributed by atoms with Gasteiger partial charge in [0.25, 0.3) is 0 Å². The van der Waals surface area contributed by atoms with Gasteiger partial charge >= 0.3 is 0 Å². The lowest BCUT2D eigenvalue weighted by molar-refractivity contribution is 0.209. The van der Waals surface area contributed by atoms with Crippen molar-refractivity contribution >= 4 is 44.5 Å². The first-order chi connectivity index (χ1) is 19.8. The van der Waals surface area contributed by atoms with Crippen LogP contribution < -0.4 is 0 Å². The summed E-state index contributed by atoms with van der Waals surface area (Å²) in [4.78, 5) is 4.66. The zero-order valence-corrected chi connectivity index (χ0v) is 25.4. The molecule has 10 heteroatoms. The van der Waals surface area contributed by atoms with E-state index in [9.17, 15) is 12.8 Å². The lowest BCUT2D eigenvalue weighted by Crippen LogP contribution is -2.35. The summed E-state index contributed by atoms with van der Waals surface area (Å²) in [6.07, 6.45) is 1.22. The van der Waals surface area contributed by atoms with Gasteiger partial charge in [0.05, 0.1) is 31.9 Å². The molecule has 1 unspecified atom stereocenters. The van der Waals surface area contributed by atoms with Gasteiger partial charge in [0.1, 0.15) is 5.82 Å². The Morgan fingerprint density at radius 3 is 2.54 bits per heavy atom. The van der Waals surface area contributed by atoms with Gasteiger partial charge in [0.2, 0.25) is 0 Å². The standard InChI is InChI=1S/C31H27ClFN3O2S3/c1-41(37,38)25-6-4-5-22(17-25)30-13-14-31(40-30)28-18-24(34-36(28)27-8-3-2-7-26(27)32)19-35-15-16-39-20-29(35)21-9-11-23(33)12-10-21/h2-14,17-18,29H,15-16,19-20H2,1H3. The number of hydrogen-bond donors (Lipinski definition) is 0. The molecule has 0 N–H and O–H groups in total. The van der Waals surface area contributed by atoms with E-state index in [1.807, 2.05) is 71.0 Å². The van der Waals surface area contributed by atoms with Gasteiger partial charge in [-0.1, -0.05) is 48.0 Å². The summed E-state index contributed by atoms with van der Waals surface area (Å²) in [5.41, 5.74) is 4.56. The molecule has 0 saturated carbocycles. The van der Waals surface area contributed by atoms with Crippen LogP contribution in [-0.4, -0.2) is 47.4 Å². The average molecular weight is 624 g/mol. The number of hydrogen-bond acceptors (Lipinski definition) is 6. The number of sulfone groups is 1. The minimum Gasteiger partial charge on any atom is -0.289 e. The Bertz CT molecular complexity index is 1800. The third-order valence-electron chi connectivity index (χ3n) is 7.10. The van der Waals surface area contributed by atoms with Gasteiger partial charge in [-0.25, -0.2) is 17.5 Å². The molecule has 1 aliphatic heterocycles. The van der Waals surface area contributed by atoms with E-state index in [0.29, 0.717) is 16.5 Å². The predicted molar refractivity (Wildman–Crippen MR) is 167 cm³/mol. The normalized spacial score (nSPS) is 16.2. The number of nitrogens with zero attached hydrogens (tertiary/aromatic N) is 3. The third kappa shape index (κ3) is 6.15. The molecule has 5 nitrogen and oxygen atoms in total. The van der Waals surface area contributed by atoms with Crippen LogP contribution in [0.3, 0.4) is 0 Å². The highest BCUT2D eigenvalue weighted by molar-refractivity contribution is 7.99. The molecular weight excluding hydrogens is 597 g/mol. The van der Waals surface area contributed by atoms with Gasteiger partial charge < -0.3 is 0 Å². The van der Waals surface area contributed by atoms with Crippen LogP contribution in [0.4, 0.5) is 4.39 Å². The Morgan fingerprint density at radius 1 is 0.976 bits per heavy atom. The zero-order chi connectivity index (χ0) is 28.6. The second kappa shape index (κ2) is 11.7. The second-order valence-electron chi connectivity index (χ2n) is 9.96. The van der Waals surface area contributed by atoms with Crippen LogP contribution in [0.25, 0.3) is 26.7 Å². The van der Waals surface area contributed by atoms with Crippen molar-refractivity contribution in [2.45, 2.75) is 17.5 Å². The van der Waals surface area contributed by atoms with Crippen LogP contribution in [0.1, 0.15) is 17.3 Å². The maximum absolute atomic E-state index is 13.6. The summed E-state index contributed by atoms with van der Waals surface area (Å²) >= 11 is 10.1. The number of benzene rings is 3. The molecule has 2 aromatic heterocycles. The largest absolute Gasteiger partial charge is 0.289 e. The van der Waals surface area contributed by atoms with E-state index in [1.165, 1.54) is 18.4 Å². The quantitative estimate of drug-likeness (QED) is 0.186. The molecule has 3 heterocycles. The van der Waals surface area contributed by atoms with Crippen molar-refractivity contribution in [3.8, 4) is 26.7 Å². The summed E-state index contributed by atoms with van der Waals surface area (Å²) in [7, 11) is -3.31. The van der Waals surface area contributed by atoms with Crippen molar-refractivity contribution in [1.82, 2.24) is 14.7 Å². The number of thioether (sulfide) groups is 1. The fourth-order valence-electron chi connectivity index (χ4n) is 5.03. The van der Waals surface area contributed by atoms with E-state index < -0.39 is 9.84 Å². The highest BCUT2D eigenvalue weighted by atomic mass is 35.5. The molecule has 1 aliphatic rings. The van der Waals surface area contributed by atoms with Crippen LogP contribution in [0, 0.1) is 5.82 Å². The Labute approximate surface area is 252 Å². The highest BCUT2D eigenvalue weighted by Crippen LogP contribution is 2.38. The summed E-state index contributed by atoms with van der Waals surface area (Å²) < 4.78 is 39.8. The molecule has 210 valence electrons. The molecular formula is C31H27ClFN3O2S3. The lowest BCUT2D eigenvalue weighted by atomic mass is 10.1. The molecule has 0 aliphatic carbocycles. The maximum atomic E-state index is 13.6. The molecule has 0 bridgehead atoms. The number of aromatic nitrogens is 2. The van der Waals surface area contributed by atoms with Crippen LogP contribution in [0.5, 0.6) is 0 Å². The predicted octanol–water partition coefficient (Wildman–Crippen LogP) is 7.75. The van der Waals surface area contributed by atoms with Crippen molar-refractivity contribution in [1.29, 1.82) is 0 Å². The van der Waals surface area contributed by atoms with Crippen molar-refractivity contribution in [2.75, 3.05) is 24.3 Å². The monoisotopic (exact) mass is 623 g/mol. The number of halogens is 2. The lowest BCUT2D eigenvalue weighted by Gasteiger charge is -2.35. The molecule has 0 amide bonds. The molecule has 1 fully saturated rings. The van der Waals surface area contributed by atoms with Crippen LogP contribution in [0.15, 0.2) is 95.9 Å². The molecule has 1 saturated heterocycles. The van der Waals surface area contributed by atoms with Crippen molar-refractivity contribution in [3.63, 3.8) is 0 Å². The zero-order valence-electron chi connectivity index (χ0n) is 22.2. The Morgan fingerprint density at radius 2 is 1.76 bits per heavy atom. The van der Waals surface area contributed by atoms with E-state index in [0.717, 1.165) is 56.0 Å². The summed E-state index contributed by atoms with van der Waals surface area (Å²) in [6, 6.07) is 27.8. The number of thiophene rings is 1. The highest BCUT2D eigenvalue weighted by Gasteiger charge is 2.26. The molecule has 41 heavy (non-hydrogen) atoms. The van der Waals surface area contributed by atoms with E-state index in [2.05, 4.69) is 11.0 Å². The topological polar surface area (TPSA) is 55.2 Å². The first-order valence-corrected chi connectivity index (χ1v) is 17.3. The first kappa shape index (κ1) is 28.2. The summed E-state index contributed by atoms with van der Waals surface area (Å²) in [5.74, 6) is 1.73. The van der Waals surface area contributed by atoms with Crippen LogP contribution in [0.2, 0.25) is 5.02 Å². The Kier molecular flexibility index (Phi) is 8.07. The van der Waals surface area contributed by atoms with Gasteiger partial charge in [0.15, 0.2) is 9.84 Å². The first-order valence-electron chi connectivity index (χ1n) is 13.1. The Hall–Kier alpha value is -2.95. The fraction of sp³-hybridized carbons (Fsp3) is 0.194. The molecule has 0 radical (unpaired) electrons. The summed E-state index contributed by atoms with van der Waals surface area (Å²) in [5, 5.41) is 5.63. The molecule has 6 rings (SSSR count). The SMILES string of the molecule is CS(=O)(=O)c1cccc(-c2ccc(-c3cc(CN4CCSCC4c4ccc(F)cc4)nn3-c3ccccc3Cl)s2)c1. The maximum Gasteiger partial charge on any atom is 0.175 e. The number of rotatable bonds is 7. The molecule has 5 aromatic rings. The van der Waals surface area contributed by atoms with Crippen molar-refractivity contribution in [3.05, 3.63) is 113 Å². The minimum atomic E-state index is -3.31. The number of para-hydroxylation sites is 1. The van der Waals surface area contributed by atoms with Gasteiger partial charge in [0, 0.05) is 41.8 Å². The van der Waals surface area contributed by atoms with Gasteiger partial charge in [-0.05, 0) is 65.7 Å². The summed E-state index contributed by atoms with van der Waals surface area (Å²) in [6.45, 7) is 1.54. The van der Waals surface area contributed by atoms with Gasteiger partial charge in [-0.15, -0.1) is 11.3 Å². The third-order valence-corrected chi connectivity index (χ3v) is 10.7. The van der Waals surface area contributed by atoms with E-state index in [4.69, 9.17) is 16.7 Å². The van der Waals surface area contributed by atoms with Crippen molar-refractivity contribution in [2.24, 2.45) is 0 Å². The van der Waals surface area contributed by atoms with Crippen LogP contribution in [-0.2, 0) is 16.4 Å². The van der Waals surface area contributed by atoms with E-state index in [1.54, 1.807) is 29.5 Å². The van der Waals surface area contributed by atoms with Crippen LogP contribution >= 0.6 is 34.7 Å². The second-order valence-corrected chi connectivity index (χ2v) is 14.6. The minimum absolute atomic E-state index is 0.165. The molecule has 0 spiro atoms. The van der Waals surface area contributed by atoms with Gasteiger partial charge in [-0.2, -0.15) is 16.9 Å². The Balaban J connectivity index is 1.37. The average Bonchev–Trinajstić information content (AvgIpc) is 3.62. The smallest absolute Gasteiger partial charge is 0.175 e. The fourth-order valence-corrected chi connectivity index (χ4v) is 8.07. The molecule has 3 aromatic carbocycles.